The van der Waals surface area contributed by atoms with Crippen LogP contribution < -0.4 is 5.32 Å². The van der Waals surface area contributed by atoms with Crippen LogP contribution in [0.5, 0.6) is 0 Å². The van der Waals surface area contributed by atoms with Crippen molar-refractivity contribution in [3.63, 3.8) is 0 Å². The summed E-state index contributed by atoms with van der Waals surface area (Å²) in [4.78, 5) is 4.33. The largest absolute Gasteiger partial charge is 0.375 e. The number of hydrogen-bond donors (Lipinski definition) is 1. The van der Waals surface area contributed by atoms with E-state index >= 15 is 0 Å². The van der Waals surface area contributed by atoms with E-state index in [-0.39, 0.29) is 6.04 Å². The summed E-state index contributed by atoms with van der Waals surface area (Å²) in [5.74, 6) is 0. The fourth-order valence-electron chi connectivity index (χ4n) is 1.88. The molecule has 1 N–H and O–H groups in total. The Balaban J connectivity index is 1.89. The first kappa shape index (κ1) is 11.9. The average molecular weight is 271 g/mol. The molecule has 19 heavy (non-hydrogen) atoms. The molecule has 0 fully saturated rings. The summed E-state index contributed by atoms with van der Waals surface area (Å²) in [6.07, 6.45) is 3.49. The van der Waals surface area contributed by atoms with Crippen LogP contribution in [-0.4, -0.2) is 20.0 Å². The molecule has 5 nitrogen and oxygen atoms in total. The minimum atomic E-state index is 0.149. The van der Waals surface area contributed by atoms with Crippen molar-refractivity contribution in [3.8, 4) is 5.69 Å². The molecule has 2 aromatic heterocycles. The van der Waals surface area contributed by atoms with Gasteiger partial charge in [0, 0.05) is 5.38 Å². The molecule has 0 saturated carbocycles. The molecule has 0 bridgehead atoms. The third kappa shape index (κ3) is 2.48. The van der Waals surface area contributed by atoms with Crippen LogP contribution in [0.3, 0.4) is 0 Å². The maximum atomic E-state index is 4.33. The normalized spacial score (nSPS) is 12.3. The first-order valence-corrected chi connectivity index (χ1v) is 6.89. The predicted octanol–water partition coefficient (Wildman–Crippen LogP) is 2.90. The lowest BCUT2D eigenvalue weighted by Gasteiger charge is -2.16. The van der Waals surface area contributed by atoms with Crippen molar-refractivity contribution in [2.45, 2.75) is 13.0 Å². The van der Waals surface area contributed by atoms with Gasteiger partial charge in [-0.2, -0.15) is 0 Å². The van der Waals surface area contributed by atoms with Gasteiger partial charge < -0.3 is 5.32 Å². The highest BCUT2D eigenvalue weighted by molar-refractivity contribution is 7.07. The first-order chi connectivity index (χ1) is 9.34. The molecular weight excluding hydrogens is 258 g/mol. The SMILES string of the molecule is CC(Nc1ccccc1-n1ccnn1)c1cscn1. The molecule has 96 valence electrons. The van der Waals surface area contributed by atoms with Gasteiger partial charge in [-0.1, -0.05) is 17.3 Å². The van der Waals surface area contributed by atoms with Crippen LogP contribution in [0.25, 0.3) is 5.69 Å². The fourth-order valence-corrected chi connectivity index (χ4v) is 2.52. The lowest BCUT2D eigenvalue weighted by Crippen LogP contribution is -2.09. The van der Waals surface area contributed by atoms with Gasteiger partial charge in [-0.25, -0.2) is 9.67 Å². The van der Waals surface area contributed by atoms with Gasteiger partial charge in [0.15, 0.2) is 0 Å². The van der Waals surface area contributed by atoms with Crippen molar-refractivity contribution in [2.24, 2.45) is 0 Å². The van der Waals surface area contributed by atoms with E-state index in [0.29, 0.717) is 0 Å². The maximum Gasteiger partial charge on any atom is 0.0894 e. The summed E-state index contributed by atoms with van der Waals surface area (Å²) in [5, 5.41) is 13.4. The number of anilines is 1. The number of hydrogen-bond acceptors (Lipinski definition) is 5. The van der Waals surface area contributed by atoms with E-state index in [2.05, 4.69) is 32.9 Å². The number of para-hydroxylation sites is 2. The molecule has 1 unspecified atom stereocenters. The summed E-state index contributed by atoms with van der Waals surface area (Å²) in [6, 6.07) is 8.16. The highest BCUT2D eigenvalue weighted by Gasteiger charge is 2.10. The Kier molecular flexibility index (Phi) is 3.24. The van der Waals surface area contributed by atoms with Crippen molar-refractivity contribution in [1.82, 2.24) is 20.0 Å². The van der Waals surface area contributed by atoms with E-state index < -0.39 is 0 Å². The summed E-state index contributed by atoms with van der Waals surface area (Å²) in [5.41, 5.74) is 4.87. The van der Waals surface area contributed by atoms with Crippen LogP contribution in [0.1, 0.15) is 18.7 Å². The van der Waals surface area contributed by atoms with E-state index in [4.69, 9.17) is 0 Å². The Morgan fingerprint density at radius 3 is 2.95 bits per heavy atom. The lowest BCUT2D eigenvalue weighted by atomic mass is 10.2. The number of nitrogens with zero attached hydrogens (tertiary/aromatic N) is 4. The molecule has 2 heterocycles. The van der Waals surface area contributed by atoms with E-state index in [1.165, 1.54) is 0 Å². The smallest absolute Gasteiger partial charge is 0.0894 e. The van der Waals surface area contributed by atoms with Gasteiger partial charge in [-0.3, -0.25) is 0 Å². The molecule has 3 rings (SSSR count). The van der Waals surface area contributed by atoms with Crippen molar-refractivity contribution in [1.29, 1.82) is 0 Å². The molecule has 0 aliphatic heterocycles. The van der Waals surface area contributed by atoms with Crippen LogP contribution in [0.2, 0.25) is 0 Å². The van der Waals surface area contributed by atoms with Crippen LogP contribution in [-0.2, 0) is 0 Å². The van der Waals surface area contributed by atoms with Gasteiger partial charge in [-0.15, -0.1) is 16.4 Å². The fraction of sp³-hybridized carbons (Fsp3) is 0.154. The molecule has 0 amide bonds. The minimum Gasteiger partial charge on any atom is -0.375 e. The van der Waals surface area contributed by atoms with Crippen LogP contribution in [0, 0.1) is 0 Å². The molecule has 0 saturated heterocycles. The third-order valence-corrected chi connectivity index (χ3v) is 3.45. The number of thiazole rings is 1. The second-order valence-corrected chi connectivity index (χ2v) is 4.86. The van der Waals surface area contributed by atoms with E-state index in [9.17, 15) is 0 Å². The zero-order chi connectivity index (χ0) is 13.1. The number of rotatable bonds is 4. The minimum absolute atomic E-state index is 0.149. The third-order valence-electron chi connectivity index (χ3n) is 2.84. The van der Waals surface area contributed by atoms with Gasteiger partial charge in [0.25, 0.3) is 0 Å². The predicted molar refractivity (Wildman–Crippen MR) is 75.5 cm³/mol. The Morgan fingerprint density at radius 1 is 1.32 bits per heavy atom. The van der Waals surface area contributed by atoms with Gasteiger partial charge in [0.05, 0.1) is 41.0 Å². The van der Waals surface area contributed by atoms with Crippen molar-refractivity contribution >= 4 is 17.0 Å². The standard InChI is InChI=1S/C13H13N5S/c1-10(12-8-19-9-14-12)16-11-4-2-3-5-13(11)18-7-6-15-17-18/h2-10,16H,1H3. The zero-order valence-electron chi connectivity index (χ0n) is 10.4. The summed E-state index contributed by atoms with van der Waals surface area (Å²) < 4.78 is 1.75. The number of benzene rings is 1. The average Bonchev–Trinajstić information content (AvgIpc) is 3.13. The van der Waals surface area contributed by atoms with E-state index in [0.717, 1.165) is 17.1 Å². The first-order valence-electron chi connectivity index (χ1n) is 5.95. The number of aromatic nitrogens is 4. The molecule has 0 spiro atoms. The van der Waals surface area contributed by atoms with Gasteiger partial charge in [0.2, 0.25) is 0 Å². The highest BCUT2D eigenvalue weighted by Crippen LogP contribution is 2.24. The molecule has 0 aliphatic carbocycles. The maximum absolute atomic E-state index is 4.33. The Morgan fingerprint density at radius 2 is 2.21 bits per heavy atom. The van der Waals surface area contributed by atoms with Crippen LogP contribution in [0.4, 0.5) is 5.69 Å². The molecule has 3 aromatic rings. The second-order valence-electron chi connectivity index (χ2n) is 4.14. The topological polar surface area (TPSA) is 55.6 Å². The highest BCUT2D eigenvalue weighted by atomic mass is 32.1. The molecule has 6 heteroatoms. The van der Waals surface area contributed by atoms with Gasteiger partial charge in [0.1, 0.15) is 0 Å². The number of nitrogens with one attached hydrogen (secondary N) is 1. The van der Waals surface area contributed by atoms with Gasteiger partial charge >= 0.3 is 0 Å². The van der Waals surface area contributed by atoms with Crippen LogP contribution >= 0.6 is 11.3 Å². The molecule has 1 atom stereocenters. The molecule has 1 aromatic carbocycles. The van der Waals surface area contributed by atoms with E-state index in [1.54, 1.807) is 22.2 Å². The molecule has 0 radical (unpaired) electrons. The monoisotopic (exact) mass is 271 g/mol. The lowest BCUT2D eigenvalue weighted by molar-refractivity contribution is 0.794. The Hall–Kier alpha value is -2.21. The van der Waals surface area contributed by atoms with Crippen molar-refractivity contribution in [3.05, 3.63) is 53.2 Å². The van der Waals surface area contributed by atoms with Gasteiger partial charge in [-0.05, 0) is 19.1 Å². The summed E-state index contributed by atoms with van der Waals surface area (Å²) >= 11 is 1.60. The second kappa shape index (κ2) is 5.19. The summed E-state index contributed by atoms with van der Waals surface area (Å²) in [6.45, 7) is 2.09. The molecular formula is C13H13N5S. The Bertz CT molecular complexity index is 633. The van der Waals surface area contributed by atoms with Crippen molar-refractivity contribution in [2.75, 3.05) is 5.32 Å². The molecule has 0 aliphatic rings. The zero-order valence-corrected chi connectivity index (χ0v) is 11.2. The van der Waals surface area contributed by atoms with Crippen LogP contribution in [0.15, 0.2) is 47.5 Å². The Labute approximate surface area is 114 Å². The summed E-state index contributed by atoms with van der Waals surface area (Å²) in [7, 11) is 0. The van der Waals surface area contributed by atoms with Crippen molar-refractivity contribution < 1.29 is 0 Å². The van der Waals surface area contributed by atoms with E-state index in [1.807, 2.05) is 36.0 Å². The quantitative estimate of drug-likeness (QED) is 0.792.